The van der Waals surface area contributed by atoms with Gasteiger partial charge in [0.15, 0.2) is 0 Å². The zero-order valence-electron chi connectivity index (χ0n) is 15.0. The van der Waals surface area contributed by atoms with Crippen molar-refractivity contribution in [3.63, 3.8) is 0 Å². The number of rotatable bonds is 3. The Bertz CT molecular complexity index is 851. The highest BCUT2D eigenvalue weighted by Gasteiger charge is 2.46. The highest BCUT2D eigenvalue weighted by Crippen LogP contribution is 2.40. The molecule has 0 spiro atoms. The third kappa shape index (κ3) is 4.57. The quantitative estimate of drug-likeness (QED) is 0.575. The van der Waals surface area contributed by atoms with Crippen LogP contribution in [0.15, 0.2) is 30.4 Å². The molecule has 2 heterocycles. The van der Waals surface area contributed by atoms with E-state index >= 15 is 0 Å². The topological polar surface area (TPSA) is 49.4 Å². The molecule has 4 nitrogen and oxygen atoms in total. The second-order valence-corrected chi connectivity index (χ2v) is 7.13. The summed E-state index contributed by atoms with van der Waals surface area (Å²) in [4.78, 5) is 24.7. The molecule has 30 heavy (non-hydrogen) atoms. The van der Waals surface area contributed by atoms with Crippen molar-refractivity contribution in [3.8, 4) is 0 Å². The highest BCUT2D eigenvalue weighted by atomic mass is 19.4. The molecule has 0 bridgehead atoms. The van der Waals surface area contributed by atoms with E-state index in [1.165, 1.54) is 0 Å². The Hall–Kier alpha value is -2.66. The van der Waals surface area contributed by atoms with Crippen molar-refractivity contribution >= 4 is 11.8 Å². The van der Waals surface area contributed by atoms with Crippen LogP contribution in [-0.2, 0) is 21.9 Å². The molecule has 2 atom stereocenters. The smallest absolute Gasteiger partial charge is 0.355 e. The molecule has 2 saturated heterocycles. The van der Waals surface area contributed by atoms with E-state index in [9.17, 15) is 44.7 Å². The maximum Gasteiger partial charge on any atom is 0.416 e. The zero-order chi connectivity index (χ0) is 22.5. The van der Waals surface area contributed by atoms with Gasteiger partial charge in [0, 0.05) is 12.5 Å². The summed E-state index contributed by atoms with van der Waals surface area (Å²) in [5.41, 5.74) is -3.42. The summed E-state index contributed by atoms with van der Waals surface area (Å²) >= 11 is 0. The summed E-state index contributed by atoms with van der Waals surface area (Å²) < 4.78 is 104. The largest absolute Gasteiger partial charge is 0.416 e. The van der Waals surface area contributed by atoms with Gasteiger partial charge in [0.1, 0.15) is 0 Å². The third-order valence-electron chi connectivity index (χ3n) is 4.87. The number of likely N-dealkylation sites (tertiary alicyclic amines) is 1. The first-order chi connectivity index (χ1) is 13.7. The van der Waals surface area contributed by atoms with Gasteiger partial charge in [-0.15, -0.1) is 0 Å². The molecule has 3 rings (SSSR count). The van der Waals surface area contributed by atoms with Gasteiger partial charge in [-0.2, -0.15) is 26.3 Å². The van der Waals surface area contributed by atoms with Crippen molar-refractivity contribution in [1.29, 1.82) is 0 Å². The number of carbonyl (C=O) groups is 2. The van der Waals surface area contributed by atoms with Crippen molar-refractivity contribution in [1.82, 2.24) is 10.2 Å². The predicted octanol–water partition coefficient (Wildman–Crippen LogP) is 3.59. The maximum absolute atomic E-state index is 13.1. The van der Waals surface area contributed by atoms with Gasteiger partial charge in [0.2, 0.25) is 11.8 Å². The maximum atomic E-state index is 13.1. The molecule has 1 aromatic carbocycles. The average molecular weight is 442 g/mol. The van der Waals surface area contributed by atoms with Crippen LogP contribution in [-0.4, -0.2) is 42.3 Å². The van der Waals surface area contributed by atoms with E-state index in [1.54, 1.807) is 0 Å². The van der Waals surface area contributed by atoms with Crippen molar-refractivity contribution in [2.24, 2.45) is 5.92 Å². The molecule has 0 saturated carbocycles. The molecule has 1 aromatic rings. The van der Waals surface area contributed by atoms with Crippen molar-refractivity contribution in [2.45, 2.75) is 24.2 Å². The third-order valence-corrected chi connectivity index (χ3v) is 4.87. The van der Waals surface area contributed by atoms with E-state index in [0.717, 1.165) is 17.1 Å². The average Bonchev–Trinajstić information content (AvgIpc) is 2.96. The van der Waals surface area contributed by atoms with E-state index in [0.29, 0.717) is 12.1 Å². The first-order valence-corrected chi connectivity index (χ1v) is 8.59. The van der Waals surface area contributed by atoms with Crippen molar-refractivity contribution in [2.75, 3.05) is 19.6 Å². The Balaban J connectivity index is 1.89. The molecule has 2 unspecified atom stereocenters. The summed E-state index contributed by atoms with van der Waals surface area (Å²) in [5, 5.41) is 2.33. The van der Waals surface area contributed by atoms with Gasteiger partial charge < -0.3 is 10.2 Å². The molecule has 0 aliphatic carbocycles. The number of halogens is 8. The van der Waals surface area contributed by atoms with Crippen LogP contribution >= 0.6 is 0 Å². The Kier molecular flexibility index (Phi) is 5.32. The number of amides is 2. The van der Waals surface area contributed by atoms with Gasteiger partial charge in [0.25, 0.3) is 5.92 Å². The van der Waals surface area contributed by atoms with Crippen LogP contribution in [0.4, 0.5) is 35.1 Å². The summed E-state index contributed by atoms with van der Waals surface area (Å²) in [6, 6.07) is 1.03. The van der Waals surface area contributed by atoms with E-state index in [-0.39, 0.29) is 18.2 Å². The van der Waals surface area contributed by atoms with Crippen LogP contribution in [0, 0.1) is 5.92 Å². The van der Waals surface area contributed by atoms with Gasteiger partial charge in [-0.1, -0.05) is 6.08 Å². The molecule has 2 aliphatic heterocycles. The second kappa shape index (κ2) is 7.24. The minimum Gasteiger partial charge on any atom is -0.355 e. The minimum atomic E-state index is -5.05. The molecular formula is C18H14F8N2O2. The van der Waals surface area contributed by atoms with Gasteiger partial charge in [0.05, 0.1) is 30.1 Å². The number of alkyl halides is 8. The molecule has 2 fully saturated rings. The fourth-order valence-electron chi connectivity index (χ4n) is 3.34. The van der Waals surface area contributed by atoms with Crippen LogP contribution in [0.2, 0.25) is 0 Å². The molecule has 1 N–H and O–H groups in total. The molecule has 2 amide bonds. The predicted molar refractivity (Wildman–Crippen MR) is 86.4 cm³/mol. The Morgan fingerprint density at radius 2 is 1.57 bits per heavy atom. The van der Waals surface area contributed by atoms with Crippen molar-refractivity contribution in [3.05, 3.63) is 47.0 Å². The minimum absolute atomic E-state index is 0.0217. The van der Waals surface area contributed by atoms with Crippen LogP contribution in [0.5, 0.6) is 0 Å². The van der Waals surface area contributed by atoms with E-state index in [2.05, 4.69) is 5.32 Å². The summed E-state index contributed by atoms with van der Waals surface area (Å²) in [7, 11) is 0. The van der Waals surface area contributed by atoms with E-state index < -0.39 is 66.1 Å². The summed E-state index contributed by atoms with van der Waals surface area (Å²) in [5.74, 6) is -6.89. The fraction of sp³-hybridized carbons (Fsp3) is 0.444. The molecule has 2 aliphatic rings. The lowest BCUT2D eigenvalue weighted by Gasteiger charge is -2.38. The van der Waals surface area contributed by atoms with Gasteiger partial charge in [-0.3, -0.25) is 9.59 Å². The Labute approximate surface area is 164 Å². The zero-order valence-corrected chi connectivity index (χ0v) is 15.0. The summed E-state index contributed by atoms with van der Waals surface area (Å²) in [6.07, 6.45) is -8.25. The number of hydrogen-bond donors (Lipinski definition) is 1. The number of nitrogens with one attached hydrogen (secondary N) is 1. The van der Waals surface area contributed by atoms with Crippen LogP contribution in [0.25, 0.3) is 0 Å². The lowest BCUT2D eigenvalue weighted by atomic mass is 9.86. The molecule has 0 aromatic heterocycles. The number of benzene rings is 1. The fourth-order valence-corrected chi connectivity index (χ4v) is 3.34. The van der Waals surface area contributed by atoms with E-state index in [4.69, 9.17) is 0 Å². The standard InChI is InChI=1S/C18H14F8N2O2/c19-16(20)7-28(8-16)14(29)2-1-12-13(6-27-15(12)30)9-3-10(17(21,22)23)5-11(4-9)18(24,25)26/h1-5,12-13H,6-8H2,(H,27,30)/b2-1+. The van der Waals surface area contributed by atoms with Gasteiger partial charge in [-0.05, 0) is 29.8 Å². The first kappa shape index (κ1) is 22.0. The van der Waals surface area contributed by atoms with Crippen molar-refractivity contribution < 1.29 is 44.7 Å². The molecule has 164 valence electrons. The molecular weight excluding hydrogens is 428 g/mol. The van der Waals surface area contributed by atoms with E-state index in [1.807, 2.05) is 0 Å². The Morgan fingerprint density at radius 1 is 1.03 bits per heavy atom. The van der Waals surface area contributed by atoms with Gasteiger partial charge in [-0.25, -0.2) is 8.78 Å². The Morgan fingerprint density at radius 3 is 2.03 bits per heavy atom. The van der Waals surface area contributed by atoms with Crippen LogP contribution in [0.3, 0.4) is 0 Å². The number of carbonyl (C=O) groups excluding carboxylic acids is 2. The van der Waals surface area contributed by atoms with Gasteiger partial charge >= 0.3 is 12.4 Å². The number of nitrogens with zero attached hydrogens (tertiary/aromatic N) is 1. The van der Waals surface area contributed by atoms with Crippen LogP contribution < -0.4 is 5.32 Å². The molecule has 12 heteroatoms. The first-order valence-electron chi connectivity index (χ1n) is 8.59. The monoisotopic (exact) mass is 442 g/mol. The number of hydrogen-bond acceptors (Lipinski definition) is 2. The lowest BCUT2D eigenvalue weighted by Crippen LogP contribution is -2.58. The van der Waals surface area contributed by atoms with Crippen LogP contribution in [0.1, 0.15) is 22.6 Å². The SMILES string of the molecule is O=C1NCC(c2cc(C(F)(F)F)cc(C(F)(F)F)c2)C1/C=C/C(=O)N1CC(F)(F)C1. The molecule has 0 radical (unpaired) electrons. The summed E-state index contributed by atoms with van der Waals surface area (Å²) in [6.45, 7) is -1.86. The highest BCUT2D eigenvalue weighted by molar-refractivity contribution is 5.91. The normalized spacial score (nSPS) is 24.1. The lowest BCUT2D eigenvalue weighted by molar-refractivity contribution is -0.160. The second-order valence-electron chi connectivity index (χ2n) is 7.13.